The third kappa shape index (κ3) is 3.23. The number of benzene rings is 1. The smallest absolute Gasteiger partial charge is 0.119 e. The second-order valence-corrected chi connectivity index (χ2v) is 16.7. The molecule has 6 rings (SSSR count). The highest BCUT2D eigenvalue weighted by atomic mass is 16.5. The molecule has 10 atom stereocenters. The van der Waals surface area contributed by atoms with Crippen LogP contribution in [0.1, 0.15) is 120 Å². The molecule has 0 spiro atoms. The predicted molar refractivity (Wildman–Crippen MR) is 160 cm³/mol. The fourth-order valence-electron chi connectivity index (χ4n) is 12.4. The van der Waals surface area contributed by atoms with Gasteiger partial charge in [0.25, 0.3) is 0 Å². The Kier molecular flexibility index (Phi) is 5.95. The number of fused-ring (bicyclic) bond motifs is 7. The summed E-state index contributed by atoms with van der Waals surface area (Å²) >= 11 is 0. The average molecular weight is 517 g/mol. The fourth-order valence-corrected chi connectivity index (χ4v) is 12.4. The molecule has 1 aromatic carbocycles. The molecule has 38 heavy (non-hydrogen) atoms. The molecule has 1 aromatic rings. The molecule has 0 N–H and O–H groups in total. The van der Waals surface area contributed by atoms with Gasteiger partial charge in [0, 0.05) is 5.41 Å². The first-order chi connectivity index (χ1) is 17.7. The first-order valence-corrected chi connectivity index (χ1v) is 16.1. The van der Waals surface area contributed by atoms with Crippen molar-refractivity contribution < 1.29 is 4.74 Å². The molecule has 5 aliphatic carbocycles. The molecule has 0 amide bonds. The molecule has 5 fully saturated rings. The van der Waals surface area contributed by atoms with Gasteiger partial charge in [-0.25, -0.2) is 0 Å². The minimum absolute atomic E-state index is 0.170. The molecule has 210 valence electrons. The molecular weight excluding hydrogens is 460 g/mol. The molecule has 1 nitrogen and oxygen atoms in total. The summed E-state index contributed by atoms with van der Waals surface area (Å²) in [4.78, 5) is 0. The van der Waals surface area contributed by atoms with E-state index < -0.39 is 0 Å². The van der Waals surface area contributed by atoms with Crippen molar-refractivity contribution in [3.63, 3.8) is 0 Å². The van der Waals surface area contributed by atoms with Crippen molar-refractivity contribution in [3.8, 4) is 5.75 Å². The normalized spacial score (nSPS) is 51.7. The Labute approximate surface area is 234 Å². The van der Waals surface area contributed by atoms with Gasteiger partial charge in [0.2, 0.25) is 0 Å². The van der Waals surface area contributed by atoms with E-state index in [-0.39, 0.29) is 5.41 Å². The lowest BCUT2D eigenvalue weighted by Crippen LogP contribution is -2.71. The molecule has 1 heteroatoms. The lowest BCUT2D eigenvalue weighted by Gasteiger charge is -2.77. The molecule has 0 saturated heterocycles. The second-order valence-electron chi connectivity index (χ2n) is 16.7. The van der Waals surface area contributed by atoms with Crippen LogP contribution in [-0.2, 0) is 0 Å². The molecule has 0 unspecified atom stereocenters. The van der Waals surface area contributed by atoms with Crippen molar-refractivity contribution in [2.24, 2.45) is 56.2 Å². The lowest BCUT2D eigenvalue weighted by molar-refractivity contribution is -0.288. The SMILES string of the molecule is C=C1[C@H](C)CC[C@]2(C)CC[C@]3(C)[C@H](CC[C@@]4(C)[C@@]3(C)CC[C@@H]3C(C)(C)[C@H](Oc5ccccc5)CC[C@@]34C)[C@@H]12. The summed E-state index contributed by atoms with van der Waals surface area (Å²) in [7, 11) is 0. The van der Waals surface area contributed by atoms with Crippen LogP contribution >= 0.6 is 0 Å². The molecule has 5 saturated carbocycles. The maximum atomic E-state index is 6.75. The van der Waals surface area contributed by atoms with Gasteiger partial charge in [0.05, 0.1) is 0 Å². The van der Waals surface area contributed by atoms with Crippen LogP contribution in [0.4, 0.5) is 0 Å². The number of hydrogen-bond acceptors (Lipinski definition) is 1. The summed E-state index contributed by atoms with van der Waals surface area (Å²) in [5.41, 5.74) is 3.75. The first-order valence-electron chi connectivity index (χ1n) is 16.1. The highest BCUT2D eigenvalue weighted by molar-refractivity contribution is 5.27. The zero-order chi connectivity index (χ0) is 27.4. The van der Waals surface area contributed by atoms with Crippen LogP contribution in [-0.4, -0.2) is 6.10 Å². The van der Waals surface area contributed by atoms with E-state index in [1.165, 1.54) is 64.2 Å². The number of para-hydroxylation sites is 1. The summed E-state index contributed by atoms with van der Waals surface area (Å²) in [6.07, 6.45) is 13.9. The van der Waals surface area contributed by atoms with E-state index in [4.69, 9.17) is 11.3 Å². The summed E-state index contributed by atoms with van der Waals surface area (Å²) in [5.74, 6) is 3.98. The van der Waals surface area contributed by atoms with Crippen LogP contribution in [0.5, 0.6) is 5.75 Å². The maximum Gasteiger partial charge on any atom is 0.119 e. The van der Waals surface area contributed by atoms with Gasteiger partial charge in [-0.1, -0.05) is 85.7 Å². The standard InChI is InChI=1S/C37H56O/c1-25-15-19-33(5)23-24-34(6)28(31(33)26(25)2)16-21-37(9)35(7)20-18-30(38-27-13-11-10-12-14-27)32(3,4)29(35)17-22-36(34,37)8/h10-14,25,28-31H,2,15-24H2,1,3-9H3/t25-,28-,29-,30-,31-,33-,34-,35+,36+,37-/m1/s1. The topological polar surface area (TPSA) is 9.23 Å². The van der Waals surface area contributed by atoms with E-state index in [0.717, 1.165) is 17.6 Å². The van der Waals surface area contributed by atoms with Gasteiger partial charge >= 0.3 is 0 Å². The van der Waals surface area contributed by atoms with Crippen molar-refractivity contribution in [2.75, 3.05) is 0 Å². The summed E-state index contributed by atoms with van der Waals surface area (Å²) in [5, 5.41) is 0. The van der Waals surface area contributed by atoms with Gasteiger partial charge in [0.1, 0.15) is 11.9 Å². The predicted octanol–water partition coefficient (Wildman–Crippen LogP) is 10.5. The van der Waals surface area contributed by atoms with Crippen molar-refractivity contribution in [3.05, 3.63) is 42.5 Å². The molecule has 5 aliphatic rings. The maximum absolute atomic E-state index is 6.75. The first kappa shape index (κ1) is 27.0. The lowest BCUT2D eigenvalue weighted by atomic mass is 9.27. The Morgan fingerprint density at radius 2 is 1.37 bits per heavy atom. The average Bonchev–Trinajstić information content (AvgIpc) is 2.87. The van der Waals surface area contributed by atoms with E-state index >= 15 is 0 Å². The zero-order valence-corrected chi connectivity index (χ0v) is 26.0. The highest BCUT2D eigenvalue weighted by Gasteiger charge is 2.74. The Hall–Kier alpha value is -1.24. The second kappa shape index (κ2) is 8.39. The van der Waals surface area contributed by atoms with Gasteiger partial charge in [-0.05, 0) is 127 Å². The number of hydrogen-bond donors (Lipinski definition) is 0. The quantitative estimate of drug-likeness (QED) is 0.355. The number of allylic oxidation sites excluding steroid dienone is 1. The molecule has 0 radical (unpaired) electrons. The van der Waals surface area contributed by atoms with Crippen molar-refractivity contribution in [1.82, 2.24) is 0 Å². The van der Waals surface area contributed by atoms with Gasteiger partial charge in [-0.15, -0.1) is 0 Å². The molecule has 0 aromatic heterocycles. The Morgan fingerprint density at radius 3 is 2.08 bits per heavy atom. The highest BCUT2D eigenvalue weighted by Crippen LogP contribution is 2.81. The van der Waals surface area contributed by atoms with Crippen LogP contribution in [0.2, 0.25) is 0 Å². The van der Waals surface area contributed by atoms with Crippen molar-refractivity contribution >= 4 is 0 Å². The third-order valence-electron chi connectivity index (χ3n) is 15.4. The van der Waals surface area contributed by atoms with Gasteiger partial charge in [-0.2, -0.15) is 0 Å². The molecular formula is C37H56O. The van der Waals surface area contributed by atoms with E-state index in [1.54, 1.807) is 5.57 Å². The van der Waals surface area contributed by atoms with Crippen LogP contribution in [0.15, 0.2) is 42.5 Å². The summed E-state index contributed by atoms with van der Waals surface area (Å²) < 4.78 is 6.75. The monoisotopic (exact) mass is 516 g/mol. The third-order valence-corrected chi connectivity index (χ3v) is 15.4. The van der Waals surface area contributed by atoms with E-state index in [1.807, 2.05) is 0 Å². The van der Waals surface area contributed by atoms with Crippen LogP contribution in [0.25, 0.3) is 0 Å². The number of rotatable bonds is 2. The van der Waals surface area contributed by atoms with Crippen molar-refractivity contribution in [1.29, 1.82) is 0 Å². The summed E-state index contributed by atoms with van der Waals surface area (Å²) in [6.45, 7) is 26.0. The fraction of sp³-hybridized carbons (Fsp3) is 0.784. The minimum Gasteiger partial charge on any atom is -0.490 e. The van der Waals surface area contributed by atoms with Crippen molar-refractivity contribution in [2.45, 2.75) is 126 Å². The van der Waals surface area contributed by atoms with Gasteiger partial charge < -0.3 is 4.74 Å². The van der Waals surface area contributed by atoms with Crippen LogP contribution in [0, 0.1) is 56.2 Å². The van der Waals surface area contributed by atoms with E-state index in [9.17, 15) is 0 Å². The zero-order valence-electron chi connectivity index (χ0n) is 26.0. The Balaban J connectivity index is 1.35. The molecule has 0 bridgehead atoms. The van der Waals surface area contributed by atoms with Crippen LogP contribution in [0.3, 0.4) is 0 Å². The van der Waals surface area contributed by atoms with Gasteiger partial charge in [-0.3, -0.25) is 0 Å². The van der Waals surface area contributed by atoms with Gasteiger partial charge in [0.15, 0.2) is 0 Å². The summed E-state index contributed by atoms with van der Waals surface area (Å²) in [6, 6.07) is 10.6. The largest absolute Gasteiger partial charge is 0.490 e. The van der Waals surface area contributed by atoms with E-state index in [2.05, 4.69) is 85.7 Å². The van der Waals surface area contributed by atoms with Crippen LogP contribution < -0.4 is 4.74 Å². The molecule has 0 heterocycles. The Morgan fingerprint density at radius 1 is 0.711 bits per heavy atom. The molecule has 0 aliphatic heterocycles. The minimum atomic E-state index is 0.170. The Bertz CT molecular complexity index is 1090. The number of ether oxygens (including phenoxy) is 1. The van der Waals surface area contributed by atoms with E-state index in [0.29, 0.717) is 45.0 Å².